The van der Waals surface area contributed by atoms with E-state index in [9.17, 15) is 0 Å². The highest BCUT2D eigenvalue weighted by Gasteiger charge is 2.18. The molecule has 0 aromatic heterocycles. The molecule has 0 amide bonds. The molecule has 0 spiro atoms. The molecular weight excluding hydrogens is 240 g/mol. The predicted molar refractivity (Wildman–Crippen MR) is 76.7 cm³/mol. The van der Waals surface area contributed by atoms with Gasteiger partial charge in [0.2, 0.25) is 0 Å². The van der Waals surface area contributed by atoms with Crippen molar-refractivity contribution in [3.05, 3.63) is 23.8 Å². The average molecular weight is 264 g/mol. The Hall–Kier alpha value is -1.26. The van der Waals surface area contributed by atoms with E-state index in [4.69, 9.17) is 15.2 Å². The van der Waals surface area contributed by atoms with Gasteiger partial charge in [0.25, 0.3) is 0 Å². The molecule has 1 aliphatic rings. The fraction of sp³-hybridized carbons (Fsp3) is 0.600. The standard InChI is InChI=1S/C15H24N2O2/c1-18-14-6-5-12(9-15(14)19-2)13(16)8-11-4-3-7-17-10-11/h5-6,9,11,13,17H,3-4,7-8,10,16H2,1-2H3. The molecule has 2 rings (SSSR count). The van der Waals surface area contributed by atoms with Crippen molar-refractivity contribution in [2.75, 3.05) is 27.3 Å². The van der Waals surface area contributed by atoms with Crippen molar-refractivity contribution < 1.29 is 9.47 Å². The van der Waals surface area contributed by atoms with E-state index in [1.807, 2.05) is 18.2 Å². The molecule has 4 heteroatoms. The second kappa shape index (κ2) is 6.78. The van der Waals surface area contributed by atoms with Crippen molar-refractivity contribution >= 4 is 0 Å². The SMILES string of the molecule is COc1ccc(C(N)CC2CCCNC2)cc1OC. The molecule has 1 aromatic carbocycles. The van der Waals surface area contributed by atoms with Crippen LogP contribution in [0.2, 0.25) is 0 Å². The number of hydrogen-bond acceptors (Lipinski definition) is 4. The molecule has 1 saturated heterocycles. The summed E-state index contributed by atoms with van der Waals surface area (Å²) in [5.41, 5.74) is 7.43. The quantitative estimate of drug-likeness (QED) is 0.855. The molecule has 0 bridgehead atoms. The summed E-state index contributed by atoms with van der Waals surface area (Å²) < 4.78 is 10.6. The maximum atomic E-state index is 6.32. The Bertz CT molecular complexity index is 403. The van der Waals surface area contributed by atoms with Gasteiger partial charge in [-0.2, -0.15) is 0 Å². The Morgan fingerprint density at radius 2 is 2.11 bits per heavy atom. The summed E-state index contributed by atoms with van der Waals surface area (Å²) in [7, 11) is 3.30. The molecule has 1 fully saturated rings. The summed E-state index contributed by atoms with van der Waals surface area (Å²) in [4.78, 5) is 0. The number of nitrogens with two attached hydrogens (primary N) is 1. The molecule has 1 aliphatic heterocycles. The van der Waals surface area contributed by atoms with Gasteiger partial charge >= 0.3 is 0 Å². The molecule has 4 nitrogen and oxygen atoms in total. The van der Waals surface area contributed by atoms with Gasteiger partial charge in [0.1, 0.15) is 0 Å². The highest BCUT2D eigenvalue weighted by Crippen LogP contribution is 2.31. The van der Waals surface area contributed by atoms with Gasteiger partial charge in [-0.25, -0.2) is 0 Å². The largest absolute Gasteiger partial charge is 0.493 e. The molecular formula is C15H24N2O2. The minimum absolute atomic E-state index is 0.0599. The summed E-state index contributed by atoms with van der Waals surface area (Å²) in [6.45, 7) is 2.23. The van der Waals surface area contributed by atoms with E-state index in [1.54, 1.807) is 14.2 Å². The maximum Gasteiger partial charge on any atom is 0.161 e. The van der Waals surface area contributed by atoms with Gasteiger partial charge in [-0.15, -0.1) is 0 Å². The van der Waals surface area contributed by atoms with Crippen molar-refractivity contribution in [1.29, 1.82) is 0 Å². The van der Waals surface area contributed by atoms with Gasteiger partial charge in [-0.1, -0.05) is 6.07 Å². The minimum atomic E-state index is 0.0599. The molecule has 3 N–H and O–H groups in total. The van der Waals surface area contributed by atoms with E-state index in [-0.39, 0.29) is 6.04 Å². The highest BCUT2D eigenvalue weighted by atomic mass is 16.5. The lowest BCUT2D eigenvalue weighted by atomic mass is 9.90. The molecule has 0 radical (unpaired) electrons. The first-order valence-corrected chi connectivity index (χ1v) is 6.92. The Morgan fingerprint density at radius 1 is 1.32 bits per heavy atom. The summed E-state index contributed by atoms with van der Waals surface area (Å²) in [5.74, 6) is 2.17. The summed E-state index contributed by atoms with van der Waals surface area (Å²) >= 11 is 0. The lowest BCUT2D eigenvalue weighted by Crippen LogP contribution is -2.31. The second-order valence-electron chi connectivity index (χ2n) is 5.17. The van der Waals surface area contributed by atoms with Crippen LogP contribution in [0.3, 0.4) is 0 Å². The van der Waals surface area contributed by atoms with Crippen LogP contribution in [-0.4, -0.2) is 27.3 Å². The average Bonchev–Trinajstić information content (AvgIpc) is 2.47. The fourth-order valence-electron chi connectivity index (χ4n) is 2.70. The molecule has 2 unspecified atom stereocenters. The topological polar surface area (TPSA) is 56.5 Å². The van der Waals surface area contributed by atoms with Crippen molar-refractivity contribution in [2.45, 2.75) is 25.3 Å². The van der Waals surface area contributed by atoms with Crippen molar-refractivity contribution in [2.24, 2.45) is 11.7 Å². The van der Waals surface area contributed by atoms with E-state index in [1.165, 1.54) is 12.8 Å². The Labute approximate surface area is 115 Å². The van der Waals surface area contributed by atoms with Crippen LogP contribution >= 0.6 is 0 Å². The first-order chi connectivity index (χ1) is 9.24. The number of rotatable bonds is 5. The van der Waals surface area contributed by atoms with Gasteiger partial charge in [-0.3, -0.25) is 0 Å². The number of piperidine rings is 1. The minimum Gasteiger partial charge on any atom is -0.493 e. The van der Waals surface area contributed by atoms with Crippen molar-refractivity contribution in [3.63, 3.8) is 0 Å². The Morgan fingerprint density at radius 3 is 2.74 bits per heavy atom. The third kappa shape index (κ3) is 3.61. The van der Waals surface area contributed by atoms with Crippen LogP contribution in [0.4, 0.5) is 0 Å². The molecule has 0 aliphatic carbocycles. The van der Waals surface area contributed by atoms with Crippen molar-refractivity contribution in [3.8, 4) is 11.5 Å². The molecule has 2 atom stereocenters. The van der Waals surface area contributed by atoms with Crippen molar-refractivity contribution in [1.82, 2.24) is 5.32 Å². The van der Waals surface area contributed by atoms with Crippen LogP contribution in [0.1, 0.15) is 30.9 Å². The summed E-state index contributed by atoms with van der Waals surface area (Å²) in [5, 5.41) is 3.43. The third-order valence-corrected chi connectivity index (χ3v) is 3.82. The van der Waals surface area contributed by atoms with Gasteiger partial charge in [0, 0.05) is 6.04 Å². The van der Waals surface area contributed by atoms with Crippen LogP contribution < -0.4 is 20.5 Å². The highest BCUT2D eigenvalue weighted by molar-refractivity contribution is 5.43. The molecule has 0 saturated carbocycles. The summed E-state index contributed by atoms with van der Waals surface area (Å²) in [6, 6.07) is 6.00. The van der Waals surface area contributed by atoms with E-state index in [0.717, 1.165) is 36.6 Å². The van der Waals surface area contributed by atoms with E-state index >= 15 is 0 Å². The predicted octanol–water partition coefficient (Wildman–Crippen LogP) is 2.09. The number of nitrogens with one attached hydrogen (secondary N) is 1. The van der Waals surface area contributed by atoms with Crippen LogP contribution in [0.5, 0.6) is 11.5 Å². The smallest absolute Gasteiger partial charge is 0.161 e. The van der Waals surface area contributed by atoms with Gasteiger partial charge in [0.05, 0.1) is 14.2 Å². The maximum absolute atomic E-state index is 6.32. The molecule has 106 valence electrons. The molecule has 19 heavy (non-hydrogen) atoms. The van der Waals surface area contributed by atoms with Gasteiger partial charge < -0.3 is 20.5 Å². The number of hydrogen-bond donors (Lipinski definition) is 2. The Kier molecular flexibility index (Phi) is 5.05. The first kappa shape index (κ1) is 14.2. The monoisotopic (exact) mass is 264 g/mol. The zero-order valence-electron chi connectivity index (χ0n) is 11.8. The van der Waals surface area contributed by atoms with E-state index < -0.39 is 0 Å². The van der Waals surface area contributed by atoms with Gasteiger partial charge in [-0.05, 0) is 56.0 Å². The lowest BCUT2D eigenvalue weighted by Gasteiger charge is -2.25. The van der Waals surface area contributed by atoms with Gasteiger partial charge in [0.15, 0.2) is 11.5 Å². The number of methoxy groups -OCH3 is 2. The van der Waals surface area contributed by atoms with Crippen LogP contribution in [0.25, 0.3) is 0 Å². The van der Waals surface area contributed by atoms with Crippen LogP contribution in [-0.2, 0) is 0 Å². The first-order valence-electron chi connectivity index (χ1n) is 6.92. The molecule has 1 aromatic rings. The van der Waals surface area contributed by atoms with E-state index in [0.29, 0.717) is 5.92 Å². The summed E-state index contributed by atoms with van der Waals surface area (Å²) in [6.07, 6.45) is 3.54. The normalized spacial score (nSPS) is 20.9. The lowest BCUT2D eigenvalue weighted by molar-refractivity contribution is 0.334. The van der Waals surface area contributed by atoms with Crippen LogP contribution in [0.15, 0.2) is 18.2 Å². The second-order valence-corrected chi connectivity index (χ2v) is 5.17. The van der Waals surface area contributed by atoms with Crippen LogP contribution in [0, 0.1) is 5.92 Å². The number of benzene rings is 1. The van der Waals surface area contributed by atoms with E-state index in [2.05, 4.69) is 5.32 Å². The zero-order chi connectivity index (χ0) is 13.7. The zero-order valence-corrected chi connectivity index (χ0v) is 11.8. The fourth-order valence-corrected chi connectivity index (χ4v) is 2.70. The number of ether oxygens (including phenoxy) is 2. The third-order valence-electron chi connectivity index (χ3n) is 3.82. The Balaban J connectivity index is 2.03. The molecule has 1 heterocycles.